The molecule has 3 N–H and O–H groups in total. The number of amides is 2. The van der Waals surface area contributed by atoms with E-state index in [1.807, 2.05) is 0 Å². The topological polar surface area (TPSA) is 78.4 Å². The number of nitrogens with one attached hydrogen (secondary N) is 2. The molecule has 108 valence electrons. The van der Waals surface area contributed by atoms with Crippen LogP contribution < -0.4 is 10.9 Å². The predicted octanol–water partition coefficient (Wildman–Crippen LogP) is 2.43. The van der Waals surface area contributed by atoms with Crippen LogP contribution in [0.4, 0.5) is 0 Å². The number of aryl methyl sites for hydroxylation is 1. The molecule has 2 aromatic carbocycles. The van der Waals surface area contributed by atoms with Gasteiger partial charge in [-0.25, -0.2) is 0 Å². The maximum atomic E-state index is 11.9. The SMILES string of the molecule is Cc1ccc(O)c(C(=O)NNC(=O)c2cccc(Cl)c2)c1. The van der Waals surface area contributed by atoms with Crippen LogP contribution in [0.1, 0.15) is 26.3 Å². The molecule has 2 amide bonds. The Bertz CT molecular complexity index is 701. The molecule has 0 aliphatic carbocycles. The van der Waals surface area contributed by atoms with E-state index in [9.17, 15) is 14.7 Å². The molecular weight excluding hydrogens is 292 g/mol. The van der Waals surface area contributed by atoms with Crippen molar-refractivity contribution in [1.82, 2.24) is 10.9 Å². The van der Waals surface area contributed by atoms with Gasteiger partial charge in [0.25, 0.3) is 11.8 Å². The zero-order valence-corrected chi connectivity index (χ0v) is 11.9. The third-order valence-electron chi connectivity index (χ3n) is 2.77. The van der Waals surface area contributed by atoms with E-state index in [-0.39, 0.29) is 11.3 Å². The van der Waals surface area contributed by atoms with Crippen molar-refractivity contribution in [2.45, 2.75) is 6.92 Å². The summed E-state index contributed by atoms with van der Waals surface area (Å²) in [5.41, 5.74) is 5.73. The Labute approximate surface area is 126 Å². The number of phenols is 1. The summed E-state index contributed by atoms with van der Waals surface area (Å²) in [4.78, 5) is 23.7. The first-order valence-electron chi connectivity index (χ1n) is 6.13. The zero-order chi connectivity index (χ0) is 15.4. The van der Waals surface area contributed by atoms with Gasteiger partial charge < -0.3 is 5.11 Å². The van der Waals surface area contributed by atoms with Crippen LogP contribution in [0, 0.1) is 6.92 Å². The van der Waals surface area contributed by atoms with Gasteiger partial charge in [-0.05, 0) is 37.3 Å². The second-order valence-electron chi connectivity index (χ2n) is 4.44. The van der Waals surface area contributed by atoms with Crippen LogP contribution in [0.15, 0.2) is 42.5 Å². The van der Waals surface area contributed by atoms with E-state index < -0.39 is 11.8 Å². The summed E-state index contributed by atoms with van der Waals surface area (Å²) in [6, 6.07) is 10.9. The number of halogens is 1. The fourth-order valence-electron chi connectivity index (χ4n) is 1.71. The van der Waals surface area contributed by atoms with Gasteiger partial charge in [0.15, 0.2) is 0 Å². The summed E-state index contributed by atoms with van der Waals surface area (Å²) in [6.07, 6.45) is 0. The number of phenolic OH excluding ortho intramolecular Hbond substituents is 1. The molecule has 0 spiro atoms. The van der Waals surface area contributed by atoms with E-state index in [2.05, 4.69) is 10.9 Å². The van der Waals surface area contributed by atoms with Crippen LogP contribution in [-0.2, 0) is 0 Å². The lowest BCUT2D eigenvalue weighted by atomic mass is 10.1. The molecule has 21 heavy (non-hydrogen) atoms. The number of rotatable bonds is 2. The third-order valence-corrected chi connectivity index (χ3v) is 3.01. The molecule has 0 heterocycles. The normalized spacial score (nSPS) is 10.0. The quantitative estimate of drug-likeness (QED) is 0.746. The largest absolute Gasteiger partial charge is 0.507 e. The number of aromatic hydroxyl groups is 1. The molecule has 0 aromatic heterocycles. The minimum absolute atomic E-state index is 0.0846. The standard InChI is InChI=1S/C15H13ClN2O3/c1-9-5-6-13(19)12(7-9)15(21)18-17-14(20)10-3-2-4-11(16)8-10/h2-8,19H,1H3,(H,17,20)(H,18,21). The van der Waals surface area contributed by atoms with Gasteiger partial charge in [0.1, 0.15) is 5.75 Å². The van der Waals surface area contributed by atoms with Gasteiger partial charge in [0.05, 0.1) is 5.56 Å². The number of carbonyl (C=O) groups is 2. The van der Waals surface area contributed by atoms with Crippen molar-refractivity contribution in [1.29, 1.82) is 0 Å². The molecule has 0 fully saturated rings. The molecule has 0 unspecified atom stereocenters. The lowest BCUT2D eigenvalue weighted by Gasteiger charge is -2.09. The zero-order valence-electron chi connectivity index (χ0n) is 11.2. The summed E-state index contributed by atoms with van der Waals surface area (Å²) in [6.45, 7) is 1.79. The highest BCUT2D eigenvalue weighted by Gasteiger charge is 2.13. The molecule has 5 nitrogen and oxygen atoms in total. The van der Waals surface area contributed by atoms with Crippen molar-refractivity contribution in [3.05, 3.63) is 64.2 Å². The first-order chi connectivity index (χ1) is 9.97. The highest BCUT2D eigenvalue weighted by Crippen LogP contribution is 2.17. The molecule has 2 aromatic rings. The van der Waals surface area contributed by atoms with Crippen LogP contribution in [0.2, 0.25) is 5.02 Å². The molecular formula is C15H13ClN2O3. The predicted molar refractivity (Wildman–Crippen MR) is 79.2 cm³/mol. The molecule has 0 bridgehead atoms. The minimum Gasteiger partial charge on any atom is -0.507 e. The van der Waals surface area contributed by atoms with Crippen LogP contribution in [0.3, 0.4) is 0 Å². The summed E-state index contributed by atoms with van der Waals surface area (Å²) in [5.74, 6) is -1.26. The van der Waals surface area contributed by atoms with Crippen molar-refractivity contribution in [2.24, 2.45) is 0 Å². The Morgan fingerprint density at radius 3 is 2.48 bits per heavy atom. The molecule has 0 aliphatic heterocycles. The summed E-state index contributed by atoms with van der Waals surface area (Å²) in [7, 11) is 0. The number of hydrogen-bond donors (Lipinski definition) is 3. The molecule has 6 heteroatoms. The lowest BCUT2D eigenvalue weighted by Crippen LogP contribution is -2.41. The van der Waals surface area contributed by atoms with Crippen LogP contribution >= 0.6 is 11.6 Å². The van der Waals surface area contributed by atoms with Gasteiger partial charge in [-0.2, -0.15) is 0 Å². The van der Waals surface area contributed by atoms with Gasteiger partial charge in [-0.15, -0.1) is 0 Å². The van der Waals surface area contributed by atoms with Crippen molar-refractivity contribution in [3.63, 3.8) is 0 Å². The van der Waals surface area contributed by atoms with Crippen LogP contribution in [-0.4, -0.2) is 16.9 Å². The highest BCUT2D eigenvalue weighted by molar-refractivity contribution is 6.30. The lowest BCUT2D eigenvalue weighted by molar-refractivity contribution is 0.0845. The fourth-order valence-corrected chi connectivity index (χ4v) is 1.90. The second kappa shape index (κ2) is 6.28. The molecule has 0 aliphatic rings. The van der Waals surface area contributed by atoms with Gasteiger partial charge in [-0.1, -0.05) is 29.3 Å². The van der Waals surface area contributed by atoms with Gasteiger partial charge in [0, 0.05) is 10.6 Å². The monoisotopic (exact) mass is 304 g/mol. The summed E-state index contributed by atoms with van der Waals surface area (Å²) < 4.78 is 0. The van der Waals surface area contributed by atoms with Gasteiger partial charge >= 0.3 is 0 Å². The Morgan fingerprint density at radius 2 is 1.76 bits per heavy atom. The van der Waals surface area contributed by atoms with Gasteiger partial charge in [-0.3, -0.25) is 20.4 Å². The van der Waals surface area contributed by atoms with Crippen LogP contribution in [0.5, 0.6) is 5.75 Å². The van der Waals surface area contributed by atoms with Crippen molar-refractivity contribution in [2.75, 3.05) is 0 Å². The average molecular weight is 305 g/mol. The molecule has 2 rings (SSSR count). The first-order valence-corrected chi connectivity index (χ1v) is 6.51. The Balaban J connectivity index is 2.04. The van der Waals surface area contributed by atoms with E-state index in [0.717, 1.165) is 5.56 Å². The first kappa shape index (κ1) is 14.9. The van der Waals surface area contributed by atoms with E-state index in [1.165, 1.54) is 18.2 Å². The van der Waals surface area contributed by atoms with E-state index in [4.69, 9.17) is 11.6 Å². The maximum absolute atomic E-state index is 11.9. The van der Waals surface area contributed by atoms with Crippen LogP contribution in [0.25, 0.3) is 0 Å². The summed E-state index contributed by atoms with van der Waals surface area (Å²) in [5, 5.41) is 10.1. The van der Waals surface area contributed by atoms with Crippen molar-refractivity contribution in [3.8, 4) is 5.75 Å². The molecule has 0 saturated heterocycles. The Morgan fingerprint density at radius 1 is 1.05 bits per heavy atom. The van der Waals surface area contributed by atoms with Gasteiger partial charge in [0.2, 0.25) is 0 Å². The maximum Gasteiger partial charge on any atom is 0.273 e. The van der Waals surface area contributed by atoms with Crippen molar-refractivity contribution >= 4 is 23.4 Å². The highest BCUT2D eigenvalue weighted by atomic mass is 35.5. The number of carbonyl (C=O) groups excluding carboxylic acids is 2. The van der Waals surface area contributed by atoms with E-state index in [0.29, 0.717) is 10.6 Å². The van der Waals surface area contributed by atoms with E-state index >= 15 is 0 Å². The second-order valence-corrected chi connectivity index (χ2v) is 4.88. The third kappa shape index (κ3) is 3.73. The number of hydrogen-bond acceptors (Lipinski definition) is 3. The average Bonchev–Trinajstić information content (AvgIpc) is 2.47. The smallest absolute Gasteiger partial charge is 0.273 e. The Hall–Kier alpha value is -2.53. The minimum atomic E-state index is -0.605. The molecule has 0 atom stereocenters. The Kier molecular flexibility index (Phi) is 4.45. The fraction of sp³-hybridized carbons (Fsp3) is 0.0667. The van der Waals surface area contributed by atoms with Crippen molar-refractivity contribution < 1.29 is 14.7 Å². The van der Waals surface area contributed by atoms with E-state index in [1.54, 1.807) is 31.2 Å². The number of hydrazine groups is 1. The number of benzene rings is 2. The summed E-state index contributed by atoms with van der Waals surface area (Å²) >= 11 is 5.79. The molecule has 0 saturated carbocycles. The molecule has 0 radical (unpaired) electrons.